The van der Waals surface area contributed by atoms with Crippen LogP contribution in [0.3, 0.4) is 0 Å². The van der Waals surface area contributed by atoms with Crippen molar-refractivity contribution < 1.29 is 5.11 Å². The number of aliphatic hydroxyl groups is 1. The molecule has 4 heteroatoms. The fourth-order valence-electron chi connectivity index (χ4n) is 0.682. The minimum atomic E-state index is -0.716. The van der Waals surface area contributed by atoms with Crippen LogP contribution in [0.5, 0.6) is 0 Å². The molecule has 1 N–H and O–H groups in total. The first kappa shape index (κ1) is 9.07. The quantitative estimate of drug-likeness (QED) is 0.741. The Hall–Kier alpha value is -0.0200. The molecule has 1 rings (SSSR count). The zero-order valence-corrected chi connectivity index (χ0v) is 7.88. The highest BCUT2D eigenvalue weighted by atomic mass is 35.5. The minimum absolute atomic E-state index is 0.516. The topological polar surface area (TPSA) is 20.2 Å². The normalized spacial score (nSPS) is 13.0. The van der Waals surface area contributed by atoms with Gasteiger partial charge < -0.3 is 5.11 Å². The predicted molar refractivity (Wildman–Crippen MR) is 49.5 cm³/mol. The first-order chi connectivity index (χ1) is 5.15. The van der Waals surface area contributed by atoms with Gasteiger partial charge in [-0.15, -0.1) is 17.9 Å². The highest BCUT2D eigenvalue weighted by molar-refractivity contribution is 7.20. The molecule has 0 aromatic carbocycles. The van der Waals surface area contributed by atoms with Gasteiger partial charge in [0.2, 0.25) is 0 Å². The summed E-state index contributed by atoms with van der Waals surface area (Å²) in [5.41, 5.74) is 0.622. The third-order valence-electron chi connectivity index (χ3n) is 1.22. The van der Waals surface area contributed by atoms with Crippen molar-refractivity contribution in [3.8, 4) is 0 Å². The number of halogens is 2. The standard InChI is InChI=1S/C7H6Cl2OS/c1-2-5(10)4-3-6(8)11-7(4)9/h2-3,5,10H,1H2. The molecule has 1 aromatic rings. The number of thiophene rings is 1. The maximum Gasteiger partial charge on any atom is 0.100 e. The van der Waals surface area contributed by atoms with Crippen LogP contribution in [0.15, 0.2) is 18.7 Å². The van der Waals surface area contributed by atoms with E-state index in [0.29, 0.717) is 14.2 Å². The van der Waals surface area contributed by atoms with Crippen LogP contribution in [0.2, 0.25) is 8.67 Å². The van der Waals surface area contributed by atoms with Crippen molar-refractivity contribution in [3.63, 3.8) is 0 Å². The molecule has 60 valence electrons. The second-order valence-electron chi connectivity index (χ2n) is 1.96. The van der Waals surface area contributed by atoms with E-state index in [4.69, 9.17) is 23.2 Å². The molecule has 1 atom stereocenters. The maximum absolute atomic E-state index is 9.27. The fraction of sp³-hybridized carbons (Fsp3) is 0.143. The van der Waals surface area contributed by atoms with Gasteiger partial charge in [0.25, 0.3) is 0 Å². The molecule has 0 amide bonds. The van der Waals surface area contributed by atoms with Crippen molar-refractivity contribution in [2.24, 2.45) is 0 Å². The van der Waals surface area contributed by atoms with E-state index in [0.717, 1.165) is 0 Å². The summed E-state index contributed by atoms with van der Waals surface area (Å²) in [7, 11) is 0. The molecule has 0 spiro atoms. The van der Waals surface area contributed by atoms with Crippen LogP contribution in [0.4, 0.5) is 0 Å². The van der Waals surface area contributed by atoms with Gasteiger partial charge in [-0.05, 0) is 6.07 Å². The molecule has 0 fully saturated rings. The average Bonchev–Trinajstić information content (AvgIpc) is 2.28. The van der Waals surface area contributed by atoms with E-state index >= 15 is 0 Å². The van der Waals surface area contributed by atoms with Crippen molar-refractivity contribution in [2.75, 3.05) is 0 Å². The SMILES string of the molecule is C=CC(O)c1cc(Cl)sc1Cl. The lowest BCUT2D eigenvalue weighted by molar-refractivity contribution is 0.229. The Bertz CT molecular complexity index is 269. The molecule has 0 aliphatic rings. The summed E-state index contributed by atoms with van der Waals surface area (Å²) >= 11 is 12.6. The summed E-state index contributed by atoms with van der Waals surface area (Å²) in [5, 5.41) is 9.27. The van der Waals surface area contributed by atoms with Gasteiger partial charge in [0.05, 0.1) is 10.4 Å². The Kier molecular flexibility index (Phi) is 2.96. The van der Waals surface area contributed by atoms with Crippen LogP contribution >= 0.6 is 34.5 Å². The largest absolute Gasteiger partial charge is 0.384 e. The van der Waals surface area contributed by atoms with Crippen LogP contribution in [0.1, 0.15) is 11.7 Å². The Morgan fingerprint density at radius 2 is 2.27 bits per heavy atom. The summed E-state index contributed by atoms with van der Waals surface area (Å²) in [6, 6.07) is 1.64. The van der Waals surface area contributed by atoms with Crippen molar-refractivity contribution in [3.05, 3.63) is 33.0 Å². The van der Waals surface area contributed by atoms with E-state index < -0.39 is 6.10 Å². The van der Waals surface area contributed by atoms with Crippen LogP contribution in [0.25, 0.3) is 0 Å². The number of rotatable bonds is 2. The second kappa shape index (κ2) is 3.59. The molecular formula is C7H6Cl2OS. The average molecular weight is 209 g/mol. The molecule has 1 nitrogen and oxygen atoms in total. The Morgan fingerprint density at radius 3 is 2.64 bits per heavy atom. The lowest BCUT2D eigenvalue weighted by atomic mass is 10.2. The van der Waals surface area contributed by atoms with Crippen molar-refractivity contribution >= 4 is 34.5 Å². The first-order valence-corrected chi connectivity index (χ1v) is 4.47. The Morgan fingerprint density at radius 1 is 1.64 bits per heavy atom. The summed E-state index contributed by atoms with van der Waals surface area (Å²) in [4.78, 5) is 0. The van der Waals surface area contributed by atoms with Crippen LogP contribution < -0.4 is 0 Å². The summed E-state index contributed by atoms with van der Waals surface area (Å²) in [6.07, 6.45) is 0.691. The Labute approximate surface area is 78.9 Å². The number of hydrogen-bond acceptors (Lipinski definition) is 2. The third kappa shape index (κ3) is 1.97. The van der Waals surface area contributed by atoms with E-state index in [-0.39, 0.29) is 0 Å². The molecule has 0 saturated carbocycles. The van der Waals surface area contributed by atoms with Crippen molar-refractivity contribution in [2.45, 2.75) is 6.10 Å². The number of aliphatic hydroxyl groups excluding tert-OH is 1. The lowest BCUT2D eigenvalue weighted by Crippen LogP contribution is -1.89. The van der Waals surface area contributed by atoms with E-state index in [9.17, 15) is 5.11 Å². The van der Waals surface area contributed by atoms with Gasteiger partial charge in [-0.3, -0.25) is 0 Å². The van der Waals surface area contributed by atoms with Gasteiger partial charge in [-0.1, -0.05) is 29.3 Å². The molecular weight excluding hydrogens is 203 g/mol. The smallest absolute Gasteiger partial charge is 0.100 e. The molecule has 0 bridgehead atoms. The molecule has 1 aromatic heterocycles. The van der Waals surface area contributed by atoms with E-state index in [1.165, 1.54) is 17.4 Å². The van der Waals surface area contributed by atoms with Crippen LogP contribution in [-0.4, -0.2) is 5.11 Å². The van der Waals surface area contributed by atoms with Gasteiger partial charge in [-0.2, -0.15) is 0 Å². The van der Waals surface area contributed by atoms with Crippen LogP contribution in [0, 0.1) is 0 Å². The summed E-state index contributed by atoms with van der Waals surface area (Å²) in [6.45, 7) is 3.44. The molecule has 0 aliphatic carbocycles. The predicted octanol–water partition coefficient (Wildman–Crippen LogP) is 3.27. The van der Waals surface area contributed by atoms with E-state index in [1.54, 1.807) is 6.07 Å². The van der Waals surface area contributed by atoms with Gasteiger partial charge in [0.1, 0.15) is 4.34 Å². The highest BCUT2D eigenvalue weighted by Gasteiger charge is 2.11. The summed E-state index contributed by atoms with van der Waals surface area (Å²) < 4.78 is 1.09. The maximum atomic E-state index is 9.27. The van der Waals surface area contributed by atoms with Gasteiger partial charge in [-0.25, -0.2) is 0 Å². The minimum Gasteiger partial charge on any atom is -0.384 e. The lowest BCUT2D eigenvalue weighted by Gasteiger charge is -2.00. The van der Waals surface area contributed by atoms with Gasteiger partial charge >= 0.3 is 0 Å². The highest BCUT2D eigenvalue weighted by Crippen LogP contribution is 2.35. The van der Waals surface area contributed by atoms with Gasteiger partial charge in [0, 0.05) is 5.56 Å². The molecule has 11 heavy (non-hydrogen) atoms. The van der Waals surface area contributed by atoms with Crippen molar-refractivity contribution in [1.82, 2.24) is 0 Å². The first-order valence-electron chi connectivity index (χ1n) is 2.90. The fourth-order valence-corrected chi connectivity index (χ4v) is 2.22. The molecule has 0 aliphatic heterocycles. The van der Waals surface area contributed by atoms with E-state index in [1.807, 2.05) is 0 Å². The molecule has 1 unspecified atom stereocenters. The molecule has 0 saturated heterocycles. The Balaban J connectivity index is 3.02. The second-order valence-corrected chi connectivity index (χ2v) is 4.25. The van der Waals surface area contributed by atoms with Crippen LogP contribution in [-0.2, 0) is 0 Å². The monoisotopic (exact) mass is 208 g/mol. The third-order valence-corrected chi connectivity index (χ3v) is 2.74. The van der Waals surface area contributed by atoms with Gasteiger partial charge in [0.15, 0.2) is 0 Å². The van der Waals surface area contributed by atoms with E-state index in [2.05, 4.69) is 6.58 Å². The molecule has 0 radical (unpaired) electrons. The zero-order valence-electron chi connectivity index (χ0n) is 5.55. The molecule has 1 heterocycles. The number of hydrogen-bond donors (Lipinski definition) is 1. The van der Waals surface area contributed by atoms with Crippen molar-refractivity contribution in [1.29, 1.82) is 0 Å². The zero-order chi connectivity index (χ0) is 8.43. The summed E-state index contributed by atoms with van der Waals surface area (Å²) in [5.74, 6) is 0.